The summed E-state index contributed by atoms with van der Waals surface area (Å²) in [5.74, 6) is 0.734. The van der Waals surface area contributed by atoms with Crippen molar-refractivity contribution in [3.8, 4) is 11.5 Å². The summed E-state index contributed by atoms with van der Waals surface area (Å²) < 4.78 is 16.6. The van der Waals surface area contributed by atoms with Crippen LogP contribution in [0.1, 0.15) is 51.4 Å². The molecule has 5 nitrogen and oxygen atoms in total. The Labute approximate surface area is 157 Å². The monoisotopic (exact) mass is 412 g/mol. The summed E-state index contributed by atoms with van der Waals surface area (Å²) in [4.78, 5) is 23.7. The first-order valence-electron chi connectivity index (χ1n) is 8.78. The summed E-state index contributed by atoms with van der Waals surface area (Å²) in [6, 6.07) is 5.16. The maximum Gasteiger partial charge on any atom is 0.311 e. The first-order valence-corrected chi connectivity index (χ1v) is 9.57. The molecule has 1 fully saturated rings. The Balaban J connectivity index is 1.65. The number of carbonyl (C=O) groups excluding carboxylic acids is 2. The van der Waals surface area contributed by atoms with Gasteiger partial charge in [0.25, 0.3) is 0 Å². The number of rotatable bonds is 8. The van der Waals surface area contributed by atoms with Crippen molar-refractivity contribution >= 4 is 27.9 Å². The van der Waals surface area contributed by atoms with Crippen molar-refractivity contribution in [1.82, 2.24) is 0 Å². The molecule has 0 amide bonds. The molecule has 0 spiro atoms. The third-order valence-corrected chi connectivity index (χ3v) is 4.81. The molecule has 1 saturated carbocycles. The lowest BCUT2D eigenvalue weighted by atomic mass is 9.90. The molecule has 0 atom stereocenters. The summed E-state index contributed by atoms with van der Waals surface area (Å²) in [5, 5.41) is 0. The number of hydrogen-bond donors (Lipinski definition) is 0. The summed E-state index contributed by atoms with van der Waals surface area (Å²) in [6.07, 6.45) is 6.86. The smallest absolute Gasteiger partial charge is 0.311 e. The van der Waals surface area contributed by atoms with E-state index in [1.54, 1.807) is 18.2 Å². The third kappa shape index (κ3) is 7.06. The minimum atomic E-state index is -0.388. The summed E-state index contributed by atoms with van der Waals surface area (Å²) in [5.41, 5.74) is 0. The van der Waals surface area contributed by atoms with Crippen molar-refractivity contribution in [3.63, 3.8) is 0 Å². The standard InChI is InChI=1S/C19H25BrO5/c1-23-17-12-15(20)10-11-16(17)25-19(22)9-5-8-18(21)24-13-14-6-3-2-4-7-14/h10-12,14H,2-9,13H2,1H3. The zero-order chi connectivity index (χ0) is 18.1. The molecular formula is C19H25BrO5. The van der Waals surface area contributed by atoms with Crippen LogP contribution in [-0.4, -0.2) is 25.7 Å². The summed E-state index contributed by atoms with van der Waals surface area (Å²) in [6.45, 7) is 0.513. The minimum Gasteiger partial charge on any atom is -0.493 e. The van der Waals surface area contributed by atoms with E-state index in [1.165, 1.54) is 26.4 Å². The highest BCUT2D eigenvalue weighted by molar-refractivity contribution is 9.10. The normalized spacial score (nSPS) is 14.8. The van der Waals surface area contributed by atoms with Gasteiger partial charge in [-0.1, -0.05) is 35.2 Å². The van der Waals surface area contributed by atoms with Crippen molar-refractivity contribution < 1.29 is 23.8 Å². The number of methoxy groups -OCH3 is 1. The van der Waals surface area contributed by atoms with Crippen LogP contribution in [-0.2, 0) is 14.3 Å². The van der Waals surface area contributed by atoms with Gasteiger partial charge in [-0.25, -0.2) is 0 Å². The Morgan fingerprint density at radius 3 is 2.52 bits per heavy atom. The Morgan fingerprint density at radius 1 is 1.08 bits per heavy atom. The highest BCUT2D eigenvalue weighted by Gasteiger charge is 2.16. The third-order valence-electron chi connectivity index (χ3n) is 4.32. The van der Waals surface area contributed by atoms with Gasteiger partial charge >= 0.3 is 11.9 Å². The highest BCUT2D eigenvalue weighted by atomic mass is 79.9. The molecule has 25 heavy (non-hydrogen) atoms. The van der Waals surface area contributed by atoms with E-state index in [0.717, 1.165) is 17.3 Å². The average Bonchev–Trinajstić information content (AvgIpc) is 2.62. The van der Waals surface area contributed by atoms with Gasteiger partial charge in [0.05, 0.1) is 13.7 Å². The van der Waals surface area contributed by atoms with Crippen molar-refractivity contribution in [3.05, 3.63) is 22.7 Å². The lowest BCUT2D eigenvalue weighted by Crippen LogP contribution is -2.17. The first-order chi connectivity index (χ1) is 12.1. The Hall–Kier alpha value is -1.56. The van der Waals surface area contributed by atoms with Crippen LogP contribution in [0.25, 0.3) is 0 Å². The van der Waals surface area contributed by atoms with Gasteiger partial charge in [0.15, 0.2) is 11.5 Å². The Kier molecular flexibility index (Phi) is 8.25. The van der Waals surface area contributed by atoms with E-state index in [2.05, 4.69) is 15.9 Å². The number of halogens is 1. The van der Waals surface area contributed by atoms with Gasteiger partial charge in [-0.3, -0.25) is 9.59 Å². The second kappa shape index (κ2) is 10.4. The van der Waals surface area contributed by atoms with Gasteiger partial charge in [0.2, 0.25) is 0 Å². The lowest BCUT2D eigenvalue weighted by molar-refractivity contribution is -0.145. The Morgan fingerprint density at radius 2 is 1.80 bits per heavy atom. The quantitative estimate of drug-likeness (QED) is 0.458. The second-order valence-electron chi connectivity index (χ2n) is 6.31. The fourth-order valence-electron chi connectivity index (χ4n) is 2.91. The molecule has 2 rings (SSSR count). The van der Waals surface area contributed by atoms with E-state index in [9.17, 15) is 9.59 Å². The van der Waals surface area contributed by atoms with Gasteiger partial charge in [-0.05, 0) is 43.4 Å². The Bertz CT molecular complexity index is 581. The van der Waals surface area contributed by atoms with Gasteiger partial charge in [-0.15, -0.1) is 0 Å². The molecule has 0 saturated heterocycles. The van der Waals surface area contributed by atoms with Crippen LogP contribution in [0, 0.1) is 5.92 Å². The molecular weight excluding hydrogens is 388 g/mol. The van der Waals surface area contributed by atoms with Crippen LogP contribution >= 0.6 is 15.9 Å². The second-order valence-corrected chi connectivity index (χ2v) is 7.23. The van der Waals surface area contributed by atoms with Crippen LogP contribution in [0.3, 0.4) is 0 Å². The van der Waals surface area contributed by atoms with Crippen molar-refractivity contribution in [2.24, 2.45) is 5.92 Å². The van der Waals surface area contributed by atoms with Crippen molar-refractivity contribution in [2.75, 3.05) is 13.7 Å². The minimum absolute atomic E-state index is 0.164. The van der Waals surface area contributed by atoms with Crippen LogP contribution in [0.15, 0.2) is 22.7 Å². The molecule has 0 N–H and O–H groups in total. The molecule has 0 unspecified atom stereocenters. The predicted octanol–water partition coefficient (Wildman–Crippen LogP) is 4.66. The van der Waals surface area contributed by atoms with E-state index in [1.807, 2.05) is 0 Å². The molecule has 0 bridgehead atoms. The molecule has 1 aromatic carbocycles. The molecule has 1 aliphatic carbocycles. The van der Waals surface area contributed by atoms with Crippen LogP contribution in [0.5, 0.6) is 11.5 Å². The maximum absolute atomic E-state index is 11.9. The van der Waals surface area contributed by atoms with Gasteiger partial charge in [-0.2, -0.15) is 0 Å². The number of carbonyl (C=O) groups is 2. The topological polar surface area (TPSA) is 61.8 Å². The predicted molar refractivity (Wildman–Crippen MR) is 97.7 cm³/mol. The maximum atomic E-state index is 11.9. The zero-order valence-corrected chi connectivity index (χ0v) is 16.2. The fraction of sp³-hybridized carbons (Fsp3) is 0.579. The van der Waals surface area contributed by atoms with E-state index in [-0.39, 0.29) is 24.8 Å². The lowest BCUT2D eigenvalue weighted by Gasteiger charge is -2.20. The SMILES string of the molecule is COc1cc(Br)ccc1OC(=O)CCCC(=O)OCC1CCCCC1. The van der Waals surface area contributed by atoms with Crippen molar-refractivity contribution in [2.45, 2.75) is 51.4 Å². The molecule has 0 radical (unpaired) electrons. The van der Waals surface area contributed by atoms with E-state index < -0.39 is 0 Å². The van der Waals surface area contributed by atoms with Gasteiger partial charge in [0.1, 0.15) is 0 Å². The summed E-state index contributed by atoms with van der Waals surface area (Å²) in [7, 11) is 1.52. The summed E-state index contributed by atoms with van der Waals surface area (Å²) >= 11 is 3.33. The fourth-order valence-corrected chi connectivity index (χ4v) is 3.25. The largest absolute Gasteiger partial charge is 0.493 e. The van der Waals surface area contributed by atoms with Crippen LogP contribution < -0.4 is 9.47 Å². The molecule has 138 valence electrons. The van der Waals surface area contributed by atoms with Crippen LogP contribution in [0.2, 0.25) is 0 Å². The van der Waals surface area contributed by atoms with Crippen molar-refractivity contribution in [1.29, 1.82) is 0 Å². The molecule has 1 aliphatic rings. The molecule has 0 aliphatic heterocycles. The number of benzene rings is 1. The van der Waals surface area contributed by atoms with Gasteiger partial charge < -0.3 is 14.2 Å². The number of hydrogen-bond acceptors (Lipinski definition) is 5. The molecule has 1 aromatic rings. The average molecular weight is 413 g/mol. The number of esters is 2. The molecule has 0 heterocycles. The number of ether oxygens (including phenoxy) is 3. The molecule has 6 heteroatoms. The highest BCUT2D eigenvalue weighted by Crippen LogP contribution is 2.30. The van der Waals surface area contributed by atoms with Crippen LogP contribution in [0.4, 0.5) is 0 Å². The molecule has 0 aromatic heterocycles. The zero-order valence-electron chi connectivity index (χ0n) is 14.6. The van der Waals surface area contributed by atoms with E-state index in [4.69, 9.17) is 14.2 Å². The van der Waals surface area contributed by atoms with E-state index in [0.29, 0.717) is 30.4 Å². The van der Waals surface area contributed by atoms with Gasteiger partial charge in [0, 0.05) is 17.3 Å². The first kappa shape index (κ1) is 19.8. The van der Waals surface area contributed by atoms with E-state index >= 15 is 0 Å².